The highest BCUT2D eigenvalue weighted by Gasteiger charge is 2.19. The van der Waals surface area contributed by atoms with Crippen LogP contribution in [0.3, 0.4) is 0 Å². The second kappa shape index (κ2) is 8.35. The van der Waals surface area contributed by atoms with Crippen molar-refractivity contribution in [2.24, 2.45) is 0 Å². The number of anilines is 1. The molecular formula is C13H16Br2N2O4. The number of hydrogen-bond donors (Lipinski definition) is 3. The number of aliphatic hydroxyl groups excluding tert-OH is 1. The first kappa shape index (κ1) is 17.9. The molecule has 3 N–H and O–H groups in total. The molecule has 0 atom stereocenters. The van der Waals surface area contributed by atoms with Crippen molar-refractivity contribution in [3.05, 3.63) is 26.6 Å². The van der Waals surface area contributed by atoms with Crippen molar-refractivity contribution in [2.75, 3.05) is 25.0 Å². The number of benzene rings is 1. The molecule has 0 saturated heterocycles. The molecule has 0 saturated carbocycles. The predicted molar refractivity (Wildman–Crippen MR) is 86.8 cm³/mol. The fraction of sp³-hybridized carbons (Fsp3) is 0.385. The maximum atomic E-state index is 12.2. The van der Waals surface area contributed by atoms with Crippen molar-refractivity contribution in [1.82, 2.24) is 4.90 Å². The lowest BCUT2D eigenvalue weighted by Crippen LogP contribution is -2.36. The summed E-state index contributed by atoms with van der Waals surface area (Å²) in [6.45, 7) is 2.66. The third kappa shape index (κ3) is 4.98. The van der Waals surface area contributed by atoms with Crippen LogP contribution in [-0.2, 0) is 0 Å². The van der Waals surface area contributed by atoms with E-state index in [9.17, 15) is 14.7 Å². The number of nitrogens with one attached hydrogen (secondary N) is 1. The third-order valence-corrected chi connectivity index (χ3v) is 3.86. The van der Waals surface area contributed by atoms with Crippen molar-refractivity contribution >= 4 is 49.5 Å². The number of carbonyl (C=O) groups is 2. The molecule has 0 aliphatic rings. The highest BCUT2D eigenvalue weighted by atomic mass is 79.9. The number of carboxylic acids is 1. The van der Waals surface area contributed by atoms with Crippen LogP contribution in [0.4, 0.5) is 10.5 Å². The summed E-state index contributed by atoms with van der Waals surface area (Å²) in [5.74, 6) is -1.13. The zero-order chi connectivity index (χ0) is 16.0. The van der Waals surface area contributed by atoms with E-state index >= 15 is 0 Å². The van der Waals surface area contributed by atoms with Crippen molar-refractivity contribution in [3.8, 4) is 0 Å². The zero-order valence-electron chi connectivity index (χ0n) is 11.4. The number of hydrogen-bond acceptors (Lipinski definition) is 3. The van der Waals surface area contributed by atoms with Crippen LogP contribution in [0.15, 0.2) is 21.1 Å². The lowest BCUT2D eigenvalue weighted by Gasteiger charge is -2.22. The second-order valence-corrected chi connectivity index (χ2v) is 5.97. The lowest BCUT2D eigenvalue weighted by atomic mass is 10.2. The highest BCUT2D eigenvalue weighted by Crippen LogP contribution is 2.31. The smallest absolute Gasteiger partial charge is 0.337 e. The van der Waals surface area contributed by atoms with Gasteiger partial charge in [0.2, 0.25) is 0 Å². The van der Waals surface area contributed by atoms with Gasteiger partial charge < -0.3 is 20.4 Å². The minimum absolute atomic E-state index is 0.00780. The van der Waals surface area contributed by atoms with E-state index in [2.05, 4.69) is 37.2 Å². The molecule has 0 aromatic heterocycles. The molecule has 0 aliphatic carbocycles. The standard InChI is InChI=1S/C13H16Br2N2O4/c1-2-17(4-3-5-18)13(21)16-11-9(12(19)20)6-8(14)7-10(11)15/h6-7,18H,2-5H2,1H3,(H,16,21)(H,19,20). The number of halogens is 2. The maximum absolute atomic E-state index is 12.2. The van der Waals surface area contributed by atoms with Gasteiger partial charge in [-0.1, -0.05) is 15.9 Å². The van der Waals surface area contributed by atoms with Gasteiger partial charge in [0.1, 0.15) is 0 Å². The molecule has 0 unspecified atom stereocenters. The van der Waals surface area contributed by atoms with Crippen LogP contribution >= 0.6 is 31.9 Å². The van der Waals surface area contributed by atoms with Crippen molar-refractivity contribution in [3.63, 3.8) is 0 Å². The average molecular weight is 424 g/mol. The summed E-state index contributed by atoms with van der Waals surface area (Å²) in [7, 11) is 0. The van der Waals surface area contributed by atoms with Crippen molar-refractivity contribution < 1.29 is 19.8 Å². The highest BCUT2D eigenvalue weighted by molar-refractivity contribution is 9.11. The molecule has 1 aromatic carbocycles. The van der Waals surface area contributed by atoms with E-state index in [1.165, 1.54) is 11.0 Å². The molecule has 1 aromatic rings. The number of nitrogens with zero attached hydrogens (tertiary/aromatic N) is 1. The molecule has 1 rings (SSSR count). The SMILES string of the molecule is CCN(CCCO)C(=O)Nc1c(Br)cc(Br)cc1C(=O)O. The summed E-state index contributed by atoms with van der Waals surface area (Å²) in [6, 6.07) is 2.68. The van der Waals surface area contributed by atoms with E-state index in [0.717, 1.165) is 0 Å². The van der Waals surface area contributed by atoms with Crippen LogP contribution < -0.4 is 5.32 Å². The topological polar surface area (TPSA) is 89.9 Å². The molecule has 0 fully saturated rings. The Morgan fingerprint density at radius 3 is 2.52 bits per heavy atom. The van der Waals surface area contributed by atoms with E-state index in [1.807, 2.05) is 6.92 Å². The number of carboxylic acid groups (broad SMARTS) is 1. The molecule has 8 heteroatoms. The van der Waals surface area contributed by atoms with Crippen LogP contribution in [0.2, 0.25) is 0 Å². The minimum Gasteiger partial charge on any atom is -0.478 e. The number of urea groups is 1. The van der Waals surface area contributed by atoms with Gasteiger partial charge in [0, 0.05) is 28.6 Å². The number of aliphatic hydroxyl groups is 1. The summed E-state index contributed by atoms with van der Waals surface area (Å²) >= 11 is 6.47. The summed E-state index contributed by atoms with van der Waals surface area (Å²) in [6.07, 6.45) is 0.467. The Morgan fingerprint density at radius 2 is 2.00 bits per heavy atom. The van der Waals surface area contributed by atoms with Crippen LogP contribution in [0.25, 0.3) is 0 Å². The monoisotopic (exact) mass is 422 g/mol. The van der Waals surface area contributed by atoms with Gasteiger partial charge >= 0.3 is 12.0 Å². The molecular weight excluding hydrogens is 408 g/mol. The van der Waals surface area contributed by atoms with Gasteiger partial charge in [-0.05, 0) is 41.4 Å². The third-order valence-electron chi connectivity index (χ3n) is 2.77. The average Bonchev–Trinajstić information content (AvgIpc) is 2.42. The molecule has 0 bridgehead atoms. The molecule has 21 heavy (non-hydrogen) atoms. The molecule has 0 aliphatic heterocycles. The van der Waals surface area contributed by atoms with Gasteiger partial charge in [-0.15, -0.1) is 0 Å². The van der Waals surface area contributed by atoms with Crippen LogP contribution in [0, 0.1) is 0 Å². The first-order valence-corrected chi connectivity index (χ1v) is 7.88. The predicted octanol–water partition coefficient (Wildman–Crippen LogP) is 3.15. The van der Waals surface area contributed by atoms with E-state index in [-0.39, 0.29) is 17.9 Å². The Labute approximate surface area is 139 Å². The van der Waals surface area contributed by atoms with Crippen LogP contribution in [0.1, 0.15) is 23.7 Å². The summed E-state index contributed by atoms with van der Waals surface area (Å²) in [5.41, 5.74) is 0.195. The molecule has 0 heterocycles. The van der Waals surface area contributed by atoms with Crippen molar-refractivity contribution in [2.45, 2.75) is 13.3 Å². The summed E-state index contributed by atoms with van der Waals surface area (Å²) in [4.78, 5) is 24.9. The molecule has 6 nitrogen and oxygen atoms in total. The Morgan fingerprint density at radius 1 is 1.33 bits per heavy atom. The van der Waals surface area contributed by atoms with E-state index in [4.69, 9.17) is 5.11 Å². The van der Waals surface area contributed by atoms with Gasteiger partial charge in [0.05, 0.1) is 11.3 Å². The van der Waals surface area contributed by atoms with Gasteiger partial charge in [-0.25, -0.2) is 9.59 Å². The summed E-state index contributed by atoms with van der Waals surface area (Å²) in [5, 5.41) is 20.7. The quantitative estimate of drug-likeness (QED) is 0.655. The Bertz CT molecular complexity index is 537. The summed E-state index contributed by atoms with van der Waals surface area (Å²) < 4.78 is 1.07. The Kier molecular flexibility index (Phi) is 7.13. The van der Waals surface area contributed by atoms with Gasteiger partial charge in [-0.3, -0.25) is 0 Å². The lowest BCUT2D eigenvalue weighted by molar-refractivity contribution is 0.0698. The Hall–Kier alpha value is -1.12. The van der Waals surface area contributed by atoms with Gasteiger partial charge in [0.25, 0.3) is 0 Å². The fourth-order valence-corrected chi connectivity index (χ4v) is 3.04. The largest absolute Gasteiger partial charge is 0.478 e. The number of amides is 2. The van der Waals surface area contributed by atoms with Gasteiger partial charge in [0.15, 0.2) is 0 Å². The maximum Gasteiger partial charge on any atom is 0.337 e. The second-order valence-electron chi connectivity index (χ2n) is 4.20. The zero-order valence-corrected chi connectivity index (χ0v) is 14.6. The molecule has 2 amide bonds. The van der Waals surface area contributed by atoms with E-state index in [1.54, 1.807) is 6.07 Å². The fourth-order valence-electron chi connectivity index (χ4n) is 1.72. The van der Waals surface area contributed by atoms with E-state index < -0.39 is 12.0 Å². The number of carbonyl (C=O) groups excluding carboxylic acids is 1. The molecule has 0 spiro atoms. The normalized spacial score (nSPS) is 10.3. The van der Waals surface area contributed by atoms with Crippen LogP contribution in [-0.4, -0.2) is 46.8 Å². The van der Waals surface area contributed by atoms with Gasteiger partial charge in [-0.2, -0.15) is 0 Å². The molecule has 0 radical (unpaired) electrons. The number of rotatable bonds is 6. The minimum atomic E-state index is -1.13. The molecule has 116 valence electrons. The first-order chi connectivity index (χ1) is 9.90. The number of aromatic carboxylic acids is 1. The van der Waals surface area contributed by atoms with Crippen LogP contribution in [0.5, 0.6) is 0 Å². The Balaban J connectivity index is 3.01. The first-order valence-electron chi connectivity index (χ1n) is 6.29. The van der Waals surface area contributed by atoms with E-state index in [0.29, 0.717) is 28.5 Å². The van der Waals surface area contributed by atoms with Crippen molar-refractivity contribution in [1.29, 1.82) is 0 Å².